The number of rotatable bonds is 11. The molecule has 1 aromatic carbocycles. The standard InChI is InChI=1S/C17H29NO2S/c1-5-7-8-11-21-13-15(18-6-2)14-9-10-16(19-3)17(12-14)20-4/h9-10,12,15,18H,5-8,11,13H2,1-4H3. The lowest BCUT2D eigenvalue weighted by atomic mass is 10.1. The molecule has 1 N–H and O–H groups in total. The maximum atomic E-state index is 5.40. The van der Waals surface area contributed by atoms with E-state index in [1.54, 1.807) is 14.2 Å². The minimum absolute atomic E-state index is 0.362. The van der Waals surface area contributed by atoms with Crippen LogP contribution in [0.25, 0.3) is 0 Å². The van der Waals surface area contributed by atoms with Crippen LogP contribution < -0.4 is 14.8 Å². The zero-order chi connectivity index (χ0) is 15.5. The van der Waals surface area contributed by atoms with Gasteiger partial charge in [-0.3, -0.25) is 0 Å². The number of thioether (sulfide) groups is 1. The molecule has 0 saturated carbocycles. The first-order valence-corrected chi connectivity index (χ1v) is 8.95. The molecule has 0 heterocycles. The molecule has 0 aliphatic rings. The summed E-state index contributed by atoms with van der Waals surface area (Å²) in [6, 6.07) is 6.56. The Morgan fingerprint density at radius 2 is 1.86 bits per heavy atom. The molecule has 0 aromatic heterocycles. The molecule has 1 rings (SSSR count). The Labute approximate surface area is 133 Å². The van der Waals surface area contributed by atoms with Gasteiger partial charge in [-0.2, -0.15) is 11.8 Å². The average molecular weight is 311 g/mol. The fourth-order valence-corrected chi connectivity index (χ4v) is 3.37. The molecule has 0 bridgehead atoms. The van der Waals surface area contributed by atoms with Crippen molar-refractivity contribution in [1.29, 1.82) is 0 Å². The van der Waals surface area contributed by atoms with Gasteiger partial charge in [0.2, 0.25) is 0 Å². The van der Waals surface area contributed by atoms with Gasteiger partial charge < -0.3 is 14.8 Å². The molecule has 0 spiro atoms. The Hall–Kier alpha value is -0.870. The van der Waals surface area contributed by atoms with Gasteiger partial charge in [0.15, 0.2) is 11.5 Å². The SMILES string of the molecule is CCCCCSCC(NCC)c1ccc(OC)c(OC)c1. The van der Waals surface area contributed by atoms with Gasteiger partial charge in [0.1, 0.15) is 0 Å². The molecule has 4 heteroatoms. The molecule has 1 aromatic rings. The van der Waals surface area contributed by atoms with Gasteiger partial charge in [0.25, 0.3) is 0 Å². The Morgan fingerprint density at radius 1 is 1.10 bits per heavy atom. The number of ether oxygens (including phenoxy) is 2. The summed E-state index contributed by atoms with van der Waals surface area (Å²) in [6.07, 6.45) is 3.92. The highest BCUT2D eigenvalue weighted by atomic mass is 32.2. The van der Waals surface area contributed by atoms with Crippen LogP contribution >= 0.6 is 11.8 Å². The summed E-state index contributed by atoms with van der Waals surface area (Å²) < 4.78 is 10.7. The smallest absolute Gasteiger partial charge is 0.161 e. The van der Waals surface area contributed by atoms with Crippen LogP contribution in [0, 0.1) is 0 Å². The Kier molecular flexibility index (Phi) is 9.35. The predicted octanol–water partition coefficient (Wildman–Crippen LogP) is 4.28. The number of hydrogen-bond acceptors (Lipinski definition) is 4. The molecule has 1 atom stereocenters. The van der Waals surface area contributed by atoms with Crippen molar-refractivity contribution in [1.82, 2.24) is 5.32 Å². The molecular weight excluding hydrogens is 282 g/mol. The highest BCUT2D eigenvalue weighted by molar-refractivity contribution is 7.99. The molecule has 0 aliphatic heterocycles. The van der Waals surface area contributed by atoms with E-state index in [-0.39, 0.29) is 0 Å². The summed E-state index contributed by atoms with van der Waals surface area (Å²) in [5.41, 5.74) is 1.26. The number of methoxy groups -OCH3 is 2. The quantitative estimate of drug-likeness (QED) is 0.618. The van der Waals surface area contributed by atoms with Crippen LogP contribution in [0.4, 0.5) is 0 Å². The third-order valence-electron chi connectivity index (χ3n) is 3.44. The molecular formula is C17H29NO2S. The van der Waals surface area contributed by atoms with Crippen LogP contribution in [0.15, 0.2) is 18.2 Å². The highest BCUT2D eigenvalue weighted by Crippen LogP contribution is 2.31. The Bertz CT molecular complexity index is 398. The second kappa shape index (κ2) is 10.8. The summed E-state index contributed by atoms with van der Waals surface area (Å²) in [7, 11) is 3.35. The van der Waals surface area contributed by atoms with Crippen molar-refractivity contribution in [3.05, 3.63) is 23.8 Å². The molecule has 1 unspecified atom stereocenters. The molecule has 0 amide bonds. The Morgan fingerprint density at radius 3 is 2.48 bits per heavy atom. The van der Waals surface area contributed by atoms with Crippen molar-refractivity contribution in [3.63, 3.8) is 0 Å². The van der Waals surface area contributed by atoms with Crippen molar-refractivity contribution in [2.24, 2.45) is 0 Å². The summed E-state index contributed by atoms with van der Waals surface area (Å²) in [5, 5.41) is 3.56. The summed E-state index contributed by atoms with van der Waals surface area (Å²) in [4.78, 5) is 0. The zero-order valence-electron chi connectivity index (χ0n) is 13.8. The fraction of sp³-hybridized carbons (Fsp3) is 0.647. The highest BCUT2D eigenvalue weighted by Gasteiger charge is 2.13. The van der Waals surface area contributed by atoms with E-state index >= 15 is 0 Å². The Balaban J connectivity index is 2.66. The van der Waals surface area contributed by atoms with Crippen molar-refractivity contribution in [2.45, 2.75) is 39.2 Å². The van der Waals surface area contributed by atoms with E-state index in [4.69, 9.17) is 9.47 Å². The average Bonchev–Trinajstić information content (AvgIpc) is 2.53. The van der Waals surface area contributed by atoms with E-state index in [0.29, 0.717) is 6.04 Å². The molecule has 21 heavy (non-hydrogen) atoms. The monoisotopic (exact) mass is 311 g/mol. The van der Waals surface area contributed by atoms with Gasteiger partial charge in [-0.05, 0) is 36.4 Å². The number of unbranched alkanes of at least 4 members (excludes halogenated alkanes) is 2. The normalized spacial score (nSPS) is 12.2. The second-order valence-electron chi connectivity index (χ2n) is 5.01. The third kappa shape index (κ3) is 6.18. The van der Waals surface area contributed by atoms with E-state index in [2.05, 4.69) is 31.3 Å². The van der Waals surface area contributed by atoms with E-state index in [0.717, 1.165) is 23.8 Å². The minimum Gasteiger partial charge on any atom is -0.493 e. The van der Waals surface area contributed by atoms with Crippen LogP contribution in [0.5, 0.6) is 11.5 Å². The summed E-state index contributed by atoms with van der Waals surface area (Å²) in [5.74, 6) is 3.91. The van der Waals surface area contributed by atoms with Gasteiger partial charge in [-0.25, -0.2) is 0 Å². The van der Waals surface area contributed by atoms with Gasteiger partial charge in [0, 0.05) is 11.8 Å². The fourth-order valence-electron chi connectivity index (χ4n) is 2.24. The van der Waals surface area contributed by atoms with Crippen molar-refractivity contribution >= 4 is 11.8 Å². The minimum atomic E-state index is 0.362. The molecule has 120 valence electrons. The summed E-state index contributed by atoms with van der Waals surface area (Å²) >= 11 is 2.02. The number of hydrogen-bond donors (Lipinski definition) is 1. The maximum Gasteiger partial charge on any atom is 0.161 e. The number of nitrogens with one attached hydrogen (secondary N) is 1. The number of benzene rings is 1. The first-order valence-electron chi connectivity index (χ1n) is 7.79. The van der Waals surface area contributed by atoms with E-state index < -0.39 is 0 Å². The van der Waals surface area contributed by atoms with Gasteiger partial charge in [-0.1, -0.05) is 32.8 Å². The lowest BCUT2D eigenvalue weighted by Crippen LogP contribution is -2.23. The first kappa shape index (κ1) is 18.2. The van der Waals surface area contributed by atoms with Crippen molar-refractivity contribution in [2.75, 3.05) is 32.3 Å². The summed E-state index contributed by atoms with van der Waals surface area (Å²) in [6.45, 7) is 5.36. The molecule has 0 aliphatic carbocycles. The van der Waals surface area contributed by atoms with Crippen LogP contribution in [0.3, 0.4) is 0 Å². The van der Waals surface area contributed by atoms with Crippen molar-refractivity contribution in [3.8, 4) is 11.5 Å². The molecule has 3 nitrogen and oxygen atoms in total. The van der Waals surface area contributed by atoms with Crippen LogP contribution in [0.1, 0.15) is 44.7 Å². The molecule has 0 saturated heterocycles. The lowest BCUT2D eigenvalue weighted by molar-refractivity contribution is 0.354. The van der Waals surface area contributed by atoms with Crippen LogP contribution in [0.2, 0.25) is 0 Å². The maximum absolute atomic E-state index is 5.40. The van der Waals surface area contributed by atoms with Crippen molar-refractivity contribution < 1.29 is 9.47 Å². The van der Waals surface area contributed by atoms with E-state index in [1.807, 2.05) is 17.8 Å². The van der Waals surface area contributed by atoms with Gasteiger partial charge in [0.05, 0.1) is 14.2 Å². The van der Waals surface area contributed by atoms with Crippen LogP contribution in [-0.4, -0.2) is 32.3 Å². The second-order valence-corrected chi connectivity index (χ2v) is 6.16. The third-order valence-corrected chi connectivity index (χ3v) is 4.58. The predicted molar refractivity (Wildman–Crippen MR) is 92.8 cm³/mol. The topological polar surface area (TPSA) is 30.5 Å². The molecule has 0 fully saturated rings. The van der Waals surface area contributed by atoms with Gasteiger partial charge in [-0.15, -0.1) is 0 Å². The first-order chi connectivity index (χ1) is 10.3. The molecule has 0 radical (unpaired) electrons. The van der Waals surface area contributed by atoms with E-state index in [9.17, 15) is 0 Å². The largest absolute Gasteiger partial charge is 0.493 e. The van der Waals surface area contributed by atoms with E-state index in [1.165, 1.54) is 30.6 Å². The lowest BCUT2D eigenvalue weighted by Gasteiger charge is -2.19. The van der Waals surface area contributed by atoms with Crippen LogP contribution in [-0.2, 0) is 0 Å². The zero-order valence-corrected chi connectivity index (χ0v) is 14.6. The van der Waals surface area contributed by atoms with Gasteiger partial charge >= 0.3 is 0 Å².